The Hall–Kier alpha value is -3.50. The van der Waals surface area contributed by atoms with Crippen LogP contribution in [0.15, 0.2) is 119 Å². The van der Waals surface area contributed by atoms with Crippen LogP contribution in [-0.4, -0.2) is 24.2 Å². The minimum Gasteiger partial charge on any atom is -0.481 e. The number of aliphatic carboxylic acids is 1. The van der Waals surface area contributed by atoms with E-state index in [1.807, 2.05) is 31.2 Å². The first-order valence-electron chi connectivity index (χ1n) is 13.6. The molecule has 0 saturated carbocycles. The van der Waals surface area contributed by atoms with Gasteiger partial charge < -0.3 is 10.0 Å². The van der Waals surface area contributed by atoms with Crippen molar-refractivity contribution in [3.63, 3.8) is 0 Å². The van der Waals surface area contributed by atoms with Gasteiger partial charge >= 0.3 is 5.97 Å². The van der Waals surface area contributed by atoms with Gasteiger partial charge in [-0.25, -0.2) is 0 Å². The van der Waals surface area contributed by atoms with Gasteiger partial charge in [0.05, 0.1) is 5.92 Å². The van der Waals surface area contributed by atoms with Crippen LogP contribution < -0.4 is 4.90 Å². The fraction of sp³-hybridized carbons (Fsp3) is 0.265. The van der Waals surface area contributed by atoms with Crippen LogP contribution in [0, 0.1) is 0 Å². The van der Waals surface area contributed by atoms with E-state index in [-0.39, 0.29) is 0 Å². The predicted molar refractivity (Wildman–Crippen MR) is 159 cm³/mol. The third-order valence-corrected chi connectivity index (χ3v) is 7.88. The molecule has 38 heavy (non-hydrogen) atoms. The molecule has 4 aromatic rings. The average molecular weight is 524 g/mol. The first-order chi connectivity index (χ1) is 18.6. The van der Waals surface area contributed by atoms with E-state index in [1.54, 1.807) is 11.8 Å². The first-order valence-corrected chi connectivity index (χ1v) is 14.4. The molecule has 196 valence electrons. The molecule has 4 aromatic carbocycles. The maximum absolute atomic E-state index is 11.5. The van der Waals surface area contributed by atoms with Gasteiger partial charge in [0.1, 0.15) is 0 Å². The van der Waals surface area contributed by atoms with Gasteiger partial charge in [-0.3, -0.25) is 4.79 Å². The van der Waals surface area contributed by atoms with Gasteiger partial charge in [0, 0.05) is 28.6 Å². The van der Waals surface area contributed by atoms with Crippen LogP contribution in [0.1, 0.15) is 48.8 Å². The predicted octanol–water partition coefficient (Wildman–Crippen LogP) is 8.49. The van der Waals surface area contributed by atoms with E-state index >= 15 is 0 Å². The molecule has 0 saturated heterocycles. The van der Waals surface area contributed by atoms with E-state index in [0.717, 1.165) is 49.2 Å². The van der Waals surface area contributed by atoms with E-state index in [1.165, 1.54) is 21.7 Å². The summed E-state index contributed by atoms with van der Waals surface area (Å²) in [6.07, 6.45) is 4.96. The van der Waals surface area contributed by atoms with E-state index in [4.69, 9.17) is 0 Å². The highest BCUT2D eigenvalue weighted by Crippen LogP contribution is 2.32. The largest absolute Gasteiger partial charge is 0.481 e. The third-order valence-electron chi connectivity index (χ3n) is 6.88. The summed E-state index contributed by atoms with van der Waals surface area (Å²) >= 11 is 1.72. The van der Waals surface area contributed by atoms with Gasteiger partial charge in [-0.15, -0.1) is 0 Å². The van der Waals surface area contributed by atoms with Crippen LogP contribution in [0.4, 0.5) is 5.69 Å². The summed E-state index contributed by atoms with van der Waals surface area (Å²) in [5.74, 6) is -1.21. The molecule has 1 atom stereocenters. The number of aryl methyl sites for hydroxylation is 2. The highest BCUT2D eigenvalue weighted by atomic mass is 32.2. The molecule has 0 bridgehead atoms. The maximum atomic E-state index is 11.5. The molecule has 4 heteroatoms. The summed E-state index contributed by atoms with van der Waals surface area (Å²) in [7, 11) is 0. The zero-order valence-electron chi connectivity index (χ0n) is 22.1. The van der Waals surface area contributed by atoms with Gasteiger partial charge in [-0.2, -0.15) is 0 Å². The number of carboxylic acid groups (broad SMARTS) is 1. The molecule has 1 unspecified atom stereocenters. The highest BCUT2D eigenvalue weighted by molar-refractivity contribution is 7.99. The Morgan fingerprint density at radius 1 is 0.737 bits per heavy atom. The molecule has 1 N–H and O–H groups in total. The summed E-state index contributed by atoms with van der Waals surface area (Å²) in [4.78, 5) is 16.3. The van der Waals surface area contributed by atoms with Crippen LogP contribution in [0.3, 0.4) is 0 Å². The summed E-state index contributed by atoms with van der Waals surface area (Å²) in [5, 5.41) is 9.46. The Morgan fingerprint density at radius 3 is 1.84 bits per heavy atom. The molecule has 0 fully saturated rings. The van der Waals surface area contributed by atoms with Crippen molar-refractivity contribution in [3.05, 3.63) is 126 Å². The lowest BCUT2D eigenvalue weighted by molar-refractivity contribution is -0.138. The average Bonchev–Trinajstić information content (AvgIpc) is 2.95. The molecule has 0 radical (unpaired) electrons. The number of benzene rings is 4. The normalized spacial score (nSPS) is 11.7. The Balaban J connectivity index is 1.43. The number of hydrogen-bond acceptors (Lipinski definition) is 3. The summed E-state index contributed by atoms with van der Waals surface area (Å²) in [6, 6.07) is 38.2. The van der Waals surface area contributed by atoms with Crippen LogP contribution in [-0.2, 0) is 17.6 Å². The lowest BCUT2D eigenvalue weighted by Gasteiger charge is -2.25. The molecular weight excluding hydrogens is 486 g/mol. The number of rotatable bonds is 14. The fourth-order valence-corrected chi connectivity index (χ4v) is 5.68. The van der Waals surface area contributed by atoms with Crippen molar-refractivity contribution in [3.8, 4) is 0 Å². The molecular formula is C34H37NO2S. The monoisotopic (exact) mass is 523 g/mol. The molecule has 0 aliphatic heterocycles. The Kier molecular flexibility index (Phi) is 10.5. The third kappa shape index (κ3) is 8.26. The second-order valence-electron chi connectivity index (χ2n) is 9.63. The van der Waals surface area contributed by atoms with Crippen molar-refractivity contribution in [2.45, 2.75) is 54.7 Å². The van der Waals surface area contributed by atoms with E-state index in [0.29, 0.717) is 6.42 Å². The second-order valence-corrected chi connectivity index (χ2v) is 10.8. The number of nitrogens with zero attached hydrogens (tertiary/aromatic N) is 1. The van der Waals surface area contributed by atoms with Gasteiger partial charge in [0.25, 0.3) is 0 Å². The first kappa shape index (κ1) is 27.5. The maximum Gasteiger partial charge on any atom is 0.310 e. The lowest BCUT2D eigenvalue weighted by Crippen LogP contribution is -2.26. The van der Waals surface area contributed by atoms with Gasteiger partial charge in [-0.1, -0.05) is 97.5 Å². The molecule has 0 amide bonds. The molecule has 0 aliphatic rings. The van der Waals surface area contributed by atoms with Crippen molar-refractivity contribution >= 4 is 23.4 Å². The van der Waals surface area contributed by atoms with Crippen LogP contribution in [0.25, 0.3) is 0 Å². The minimum absolute atomic E-state index is 0.447. The number of carboxylic acids is 1. The van der Waals surface area contributed by atoms with Crippen LogP contribution in [0.5, 0.6) is 0 Å². The smallest absolute Gasteiger partial charge is 0.310 e. The van der Waals surface area contributed by atoms with Crippen molar-refractivity contribution in [1.29, 1.82) is 0 Å². The van der Waals surface area contributed by atoms with Crippen molar-refractivity contribution in [2.75, 3.05) is 18.0 Å². The fourth-order valence-electron chi connectivity index (χ4n) is 4.81. The van der Waals surface area contributed by atoms with Crippen molar-refractivity contribution in [2.24, 2.45) is 0 Å². The lowest BCUT2D eigenvalue weighted by atomic mass is 9.97. The molecule has 0 aromatic heterocycles. The summed E-state index contributed by atoms with van der Waals surface area (Å²) < 4.78 is 0. The van der Waals surface area contributed by atoms with Crippen molar-refractivity contribution < 1.29 is 9.90 Å². The van der Waals surface area contributed by atoms with Crippen LogP contribution >= 0.6 is 11.8 Å². The summed E-state index contributed by atoms with van der Waals surface area (Å²) in [5.41, 5.74) is 4.89. The standard InChI is InChI=1S/C34H37NO2S/c1-2-33(34(36)37)29-20-22-31(23-21-29)38-32-19-9-18-30(26-32)35(24-10-16-27-12-5-3-6-13-27)25-11-17-28-14-7-4-8-15-28/h3-9,12-15,18-23,26,33H,2,10-11,16-17,24-25H2,1H3,(H,36,37). The van der Waals surface area contributed by atoms with Gasteiger partial charge in [-0.05, 0) is 79.1 Å². The Morgan fingerprint density at radius 2 is 1.32 bits per heavy atom. The molecule has 0 spiro atoms. The molecule has 3 nitrogen and oxygen atoms in total. The second kappa shape index (κ2) is 14.4. The number of hydrogen-bond donors (Lipinski definition) is 1. The topological polar surface area (TPSA) is 40.5 Å². The minimum atomic E-state index is -0.764. The van der Waals surface area contributed by atoms with Crippen LogP contribution in [0.2, 0.25) is 0 Å². The van der Waals surface area contributed by atoms with Gasteiger partial charge in [0.15, 0.2) is 0 Å². The molecule has 0 aliphatic carbocycles. The summed E-state index contributed by atoms with van der Waals surface area (Å²) in [6.45, 7) is 3.94. The highest BCUT2D eigenvalue weighted by Gasteiger charge is 2.17. The number of carbonyl (C=O) groups is 1. The zero-order valence-corrected chi connectivity index (χ0v) is 22.9. The Labute approximate surface area is 231 Å². The van der Waals surface area contributed by atoms with Gasteiger partial charge in [0.2, 0.25) is 0 Å². The van der Waals surface area contributed by atoms with E-state index < -0.39 is 11.9 Å². The zero-order chi connectivity index (χ0) is 26.6. The van der Waals surface area contributed by atoms with Crippen molar-refractivity contribution in [1.82, 2.24) is 0 Å². The Bertz CT molecular complexity index is 1210. The number of anilines is 1. The molecule has 0 heterocycles. The van der Waals surface area contributed by atoms with E-state index in [2.05, 4.69) is 89.8 Å². The SMILES string of the molecule is CCC(C(=O)O)c1ccc(Sc2cccc(N(CCCc3ccccc3)CCCc3ccccc3)c2)cc1. The molecule has 4 rings (SSSR count). The van der Waals surface area contributed by atoms with E-state index in [9.17, 15) is 9.90 Å². The quantitative estimate of drug-likeness (QED) is 0.180.